The molecule has 13 heavy (non-hydrogen) atoms. The first-order valence-corrected chi connectivity index (χ1v) is 5.86. The van der Waals surface area contributed by atoms with Crippen molar-refractivity contribution < 1.29 is 0 Å². The van der Waals surface area contributed by atoms with Crippen LogP contribution in [0.2, 0.25) is 0 Å². The number of hydrogen-bond acceptors (Lipinski definition) is 1. The van der Waals surface area contributed by atoms with Gasteiger partial charge in [0, 0.05) is 0 Å². The van der Waals surface area contributed by atoms with Crippen LogP contribution in [0.5, 0.6) is 0 Å². The topological polar surface area (TPSA) is 3.24 Å². The summed E-state index contributed by atoms with van der Waals surface area (Å²) in [6.45, 7) is 4.09. The zero-order chi connectivity index (χ0) is 8.93. The molecule has 74 valence electrons. The molecule has 0 aromatic rings. The van der Waals surface area contributed by atoms with Gasteiger partial charge in [-0.25, -0.2) is 0 Å². The summed E-state index contributed by atoms with van der Waals surface area (Å²) in [4.78, 5) is 2.62. The van der Waals surface area contributed by atoms with Gasteiger partial charge >= 0.3 is 0 Å². The fourth-order valence-corrected chi connectivity index (χ4v) is 2.17. The minimum absolute atomic E-state index is 0.895. The van der Waals surface area contributed by atoms with Gasteiger partial charge in [-0.05, 0) is 51.2 Å². The normalized spacial score (nSPS) is 22.8. The SMILES string of the molecule is C1=CC1CCCCCN1CCCC1. The summed E-state index contributed by atoms with van der Waals surface area (Å²) in [5.41, 5.74) is 0. The third kappa shape index (κ3) is 3.51. The summed E-state index contributed by atoms with van der Waals surface area (Å²) < 4.78 is 0. The van der Waals surface area contributed by atoms with Gasteiger partial charge in [0.15, 0.2) is 0 Å². The maximum Gasteiger partial charge on any atom is -0.00183 e. The maximum atomic E-state index is 2.62. The molecule has 1 aliphatic heterocycles. The Labute approximate surface area is 81.8 Å². The van der Waals surface area contributed by atoms with Crippen molar-refractivity contribution >= 4 is 0 Å². The van der Waals surface area contributed by atoms with Crippen LogP contribution < -0.4 is 0 Å². The monoisotopic (exact) mass is 179 g/mol. The minimum atomic E-state index is 0.895. The molecular weight excluding hydrogens is 158 g/mol. The molecule has 2 rings (SSSR count). The quantitative estimate of drug-likeness (QED) is 0.447. The minimum Gasteiger partial charge on any atom is -0.303 e. The van der Waals surface area contributed by atoms with Crippen LogP contribution in [0, 0.1) is 5.92 Å². The van der Waals surface area contributed by atoms with E-state index < -0.39 is 0 Å². The van der Waals surface area contributed by atoms with Gasteiger partial charge in [0.25, 0.3) is 0 Å². The van der Waals surface area contributed by atoms with Crippen LogP contribution in [0.25, 0.3) is 0 Å². The van der Waals surface area contributed by atoms with Gasteiger partial charge in [-0.15, -0.1) is 0 Å². The molecule has 0 atom stereocenters. The first kappa shape index (κ1) is 9.26. The van der Waals surface area contributed by atoms with Crippen LogP contribution in [0.15, 0.2) is 12.2 Å². The van der Waals surface area contributed by atoms with Crippen LogP contribution in [0.4, 0.5) is 0 Å². The Balaban J connectivity index is 1.39. The van der Waals surface area contributed by atoms with Crippen LogP contribution in [-0.2, 0) is 0 Å². The van der Waals surface area contributed by atoms with Crippen molar-refractivity contribution in [2.45, 2.75) is 38.5 Å². The lowest BCUT2D eigenvalue weighted by Gasteiger charge is -2.13. The van der Waals surface area contributed by atoms with Gasteiger partial charge in [0.1, 0.15) is 0 Å². The second-order valence-corrected chi connectivity index (χ2v) is 4.45. The molecule has 1 heteroatoms. The predicted octanol–water partition coefficient (Wildman–Crippen LogP) is 2.83. The van der Waals surface area contributed by atoms with E-state index >= 15 is 0 Å². The summed E-state index contributed by atoms with van der Waals surface area (Å²) in [7, 11) is 0. The van der Waals surface area contributed by atoms with Crippen LogP contribution >= 0.6 is 0 Å². The number of rotatable bonds is 6. The largest absolute Gasteiger partial charge is 0.303 e. The van der Waals surface area contributed by atoms with Crippen molar-refractivity contribution in [3.63, 3.8) is 0 Å². The lowest BCUT2D eigenvalue weighted by molar-refractivity contribution is 0.327. The standard InChI is InChI=1S/C12H21N/c1(2-6-12-7-8-12)3-9-13-10-4-5-11-13/h7-8,12H,1-6,9-11H2. The number of hydrogen-bond donors (Lipinski definition) is 0. The molecule has 0 amide bonds. The fraction of sp³-hybridized carbons (Fsp3) is 0.833. The van der Waals surface area contributed by atoms with E-state index in [0.717, 1.165) is 5.92 Å². The Morgan fingerprint density at radius 1 is 1.00 bits per heavy atom. The number of likely N-dealkylation sites (tertiary alicyclic amines) is 1. The number of allylic oxidation sites excluding steroid dienone is 2. The molecule has 0 radical (unpaired) electrons. The van der Waals surface area contributed by atoms with E-state index in [-0.39, 0.29) is 0 Å². The Morgan fingerprint density at radius 2 is 1.77 bits per heavy atom. The number of nitrogens with zero attached hydrogens (tertiary/aromatic N) is 1. The van der Waals surface area contributed by atoms with Crippen molar-refractivity contribution in [1.82, 2.24) is 4.90 Å². The van der Waals surface area contributed by atoms with Gasteiger partial charge in [0.05, 0.1) is 0 Å². The highest BCUT2D eigenvalue weighted by molar-refractivity contribution is 5.12. The third-order valence-electron chi connectivity index (χ3n) is 3.18. The van der Waals surface area contributed by atoms with Crippen molar-refractivity contribution in [2.24, 2.45) is 5.92 Å². The fourth-order valence-electron chi connectivity index (χ4n) is 2.17. The van der Waals surface area contributed by atoms with E-state index in [1.54, 1.807) is 0 Å². The molecule has 0 bridgehead atoms. The van der Waals surface area contributed by atoms with Crippen molar-refractivity contribution in [3.05, 3.63) is 12.2 Å². The summed E-state index contributed by atoms with van der Waals surface area (Å²) in [5.74, 6) is 0.895. The Hall–Kier alpha value is -0.300. The summed E-state index contributed by atoms with van der Waals surface area (Å²) in [5, 5.41) is 0. The first-order valence-electron chi connectivity index (χ1n) is 5.86. The van der Waals surface area contributed by atoms with Crippen molar-refractivity contribution in [2.75, 3.05) is 19.6 Å². The molecule has 0 aromatic heterocycles. The van der Waals surface area contributed by atoms with Crippen molar-refractivity contribution in [1.29, 1.82) is 0 Å². The molecule has 0 unspecified atom stereocenters. The summed E-state index contributed by atoms with van der Waals surface area (Å²) >= 11 is 0. The van der Waals surface area contributed by atoms with E-state index in [1.807, 2.05) is 0 Å². The molecule has 0 aromatic carbocycles. The third-order valence-corrected chi connectivity index (χ3v) is 3.18. The predicted molar refractivity (Wildman–Crippen MR) is 56.8 cm³/mol. The second-order valence-electron chi connectivity index (χ2n) is 4.45. The van der Waals surface area contributed by atoms with E-state index in [0.29, 0.717) is 0 Å². The average molecular weight is 179 g/mol. The van der Waals surface area contributed by atoms with E-state index in [2.05, 4.69) is 17.1 Å². The average Bonchev–Trinajstić information content (AvgIpc) is 2.81. The van der Waals surface area contributed by atoms with Gasteiger partial charge in [-0.1, -0.05) is 25.0 Å². The van der Waals surface area contributed by atoms with Crippen molar-refractivity contribution in [3.8, 4) is 0 Å². The second kappa shape index (κ2) is 4.80. The van der Waals surface area contributed by atoms with E-state index in [1.165, 1.54) is 58.2 Å². The smallest absolute Gasteiger partial charge is 0.00183 e. The molecule has 1 saturated heterocycles. The van der Waals surface area contributed by atoms with Gasteiger partial charge in [-0.3, -0.25) is 0 Å². The zero-order valence-corrected chi connectivity index (χ0v) is 8.54. The molecule has 1 nitrogen and oxygen atoms in total. The lowest BCUT2D eigenvalue weighted by Crippen LogP contribution is -2.20. The highest BCUT2D eigenvalue weighted by Gasteiger charge is 2.11. The maximum absolute atomic E-state index is 2.62. The molecule has 1 fully saturated rings. The molecule has 1 aliphatic carbocycles. The van der Waals surface area contributed by atoms with Crippen LogP contribution in [-0.4, -0.2) is 24.5 Å². The Bertz CT molecular complexity index is 162. The van der Waals surface area contributed by atoms with E-state index in [9.17, 15) is 0 Å². The summed E-state index contributed by atoms with van der Waals surface area (Å²) in [6.07, 6.45) is 13.2. The number of unbranched alkanes of at least 4 members (excludes halogenated alkanes) is 2. The molecule has 0 spiro atoms. The Kier molecular flexibility index (Phi) is 3.42. The molecule has 1 heterocycles. The molecule has 0 saturated carbocycles. The van der Waals surface area contributed by atoms with E-state index in [4.69, 9.17) is 0 Å². The Morgan fingerprint density at radius 3 is 2.46 bits per heavy atom. The van der Waals surface area contributed by atoms with Crippen LogP contribution in [0.3, 0.4) is 0 Å². The van der Waals surface area contributed by atoms with Crippen LogP contribution in [0.1, 0.15) is 38.5 Å². The summed E-state index contributed by atoms with van der Waals surface area (Å²) in [6, 6.07) is 0. The zero-order valence-electron chi connectivity index (χ0n) is 8.54. The molecule has 0 N–H and O–H groups in total. The molecular formula is C12H21N. The van der Waals surface area contributed by atoms with Gasteiger partial charge in [-0.2, -0.15) is 0 Å². The highest BCUT2D eigenvalue weighted by Crippen LogP contribution is 2.23. The lowest BCUT2D eigenvalue weighted by atomic mass is 10.1. The highest BCUT2D eigenvalue weighted by atomic mass is 15.1. The van der Waals surface area contributed by atoms with Gasteiger partial charge in [0.2, 0.25) is 0 Å². The first-order chi connectivity index (χ1) is 6.45. The van der Waals surface area contributed by atoms with Gasteiger partial charge < -0.3 is 4.90 Å². The molecule has 2 aliphatic rings.